The van der Waals surface area contributed by atoms with Crippen LogP contribution in [-0.4, -0.2) is 11.1 Å². The Bertz CT molecular complexity index is 674. The number of hydrogen-bond donors (Lipinski definition) is 1. The van der Waals surface area contributed by atoms with Crippen LogP contribution in [-0.2, 0) is 0 Å². The predicted molar refractivity (Wildman–Crippen MR) is 71.5 cm³/mol. The zero-order valence-corrected chi connectivity index (χ0v) is 11.6. The van der Waals surface area contributed by atoms with Crippen LogP contribution < -0.4 is 0 Å². The first-order valence-electron chi connectivity index (χ1n) is 5.08. The van der Waals surface area contributed by atoms with Crippen LogP contribution in [0.1, 0.15) is 10.4 Å². The second kappa shape index (κ2) is 5.27. The Balaban J connectivity index is 2.63. The highest BCUT2D eigenvalue weighted by Crippen LogP contribution is 2.32. The summed E-state index contributed by atoms with van der Waals surface area (Å²) in [7, 11) is 0. The standard InChI is InChI=1S/C13H6BrClF2O2/c14-9-2-1-6(3-8(9)13(18)19)7-4-11(16)12(17)5-10(7)15/h1-5H,(H,18,19). The molecule has 0 atom stereocenters. The maximum absolute atomic E-state index is 13.2. The molecule has 2 aromatic rings. The van der Waals surface area contributed by atoms with Crippen molar-refractivity contribution in [3.05, 3.63) is 57.0 Å². The van der Waals surface area contributed by atoms with Gasteiger partial charge in [0, 0.05) is 10.0 Å². The van der Waals surface area contributed by atoms with E-state index < -0.39 is 17.6 Å². The summed E-state index contributed by atoms with van der Waals surface area (Å²) in [5.41, 5.74) is 0.637. The lowest BCUT2D eigenvalue weighted by Gasteiger charge is -2.08. The van der Waals surface area contributed by atoms with Gasteiger partial charge in [-0.05, 0) is 45.8 Å². The highest BCUT2D eigenvalue weighted by molar-refractivity contribution is 9.10. The van der Waals surface area contributed by atoms with Crippen LogP contribution in [0.4, 0.5) is 8.78 Å². The number of benzene rings is 2. The first-order chi connectivity index (χ1) is 8.90. The minimum Gasteiger partial charge on any atom is -0.478 e. The maximum Gasteiger partial charge on any atom is 0.336 e. The van der Waals surface area contributed by atoms with E-state index in [1.807, 2.05) is 0 Å². The smallest absolute Gasteiger partial charge is 0.336 e. The Hall–Kier alpha value is -1.46. The molecular formula is C13H6BrClF2O2. The molecule has 98 valence electrons. The first-order valence-corrected chi connectivity index (χ1v) is 6.25. The molecule has 0 unspecified atom stereocenters. The number of rotatable bonds is 2. The van der Waals surface area contributed by atoms with Gasteiger partial charge in [0.15, 0.2) is 11.6 Å². The van der Waals surface area contributed by atoms with E-state index in [1.54, 1.807) is 6.07 Å². The minimum absolute atomic E-state index is 0.0116. The number of carboxylic acid groups (broad SMARTS) is 1. The zero-order chi connectivity index (χ0) is 14.2. The highest BCUT2D eigenvalue weighted by Gasteiger charge is 2.14. The topological polar surface area (TPSA) is 37.3 Å². The molecule has 0 heterocycles. The molecule has 0 aliphatic rings. The van der Waals surface area contributed by atoms with Crippen molar-refractivity contribution in [3.63, 3.8) is 0 Å². The largest absolute Gasteiger partial charge is 0.478 e. The van der Waals surface area contributed by atoms with Crippen LogP contribution in [0.15, 0.2) is 34.8 Å². The van der Waals surface area contributed by atoms with Crippen molar-refractivity contribution < 1.29 is 18.7 Å². The molecule has 2 aromatic carbocycles. The minimum atomic E-state index is -1.13. The van der Waals surface area contributed by atoms with Gasteiger partial charge in [0.2, 0.25) is 0 Å². The molecule has 0 fully saturated rings. The van der Waals surface area contributed by atoms with Crippen molar-refractivity contribution in [2.24, 2.45) is 0 Å². The zero-order valence-electron chi connectivity index (χ0n) is 9.25. The van der Waals surface area contributed by atoms with E-state index in [2.05, 4.69) is 15.9 Å². The molecule has 0 aromatic heterocycles. The van der Waals surface area contributed by atoms with E-state index in [0.717, 1.165) is 12.1 Å². The molecule has 2 rings (SSSR count). The van der Waals surface area contributed by atoms with Gasteiger partial charge in [0.1, 0.15) is 0 Å². The highest BCUT2D eigenvalue weighted by atomic mass is 79.9. The summed E-state index contributed by atoms with van der Waals surface area (Å²) in [6.07, 6.45) is 0. The van der Waals surface area contributed by atoms with E-state index in [0.29, 0.717) is 10.0 Å². The van der Waals surface area contributed by atoms with Gasteiger partial charge in [-0.3, -0.25) is 0 Å². The molecule has 2 nitrogen and oxygen atoms in total. The normalized spacial score (nSPS) is 10.5. The number of carboxylic acids is 1. The molecule has 0 saturated carbocycles. The molecule has 0 radical (unpaired) electrons. The predicted octanol–water partition coefficient (Wildman–Crippen LogP) is 4.75. The number of carbonyl (C=O) groups is 1. The summed E-state index contributed by atoms with van der Waals surface area (Å²) in [4.78, 5) is 11.0. The summed E-state index contributed by atoms with van der Waals surface area (Å²) in [6.45, 7) is 0. The molecule has 0 aliphatic carbocycles. The maximum atomic E-state index is 13.2. The fraction of sp³-hybridized carbons (Fsp3) is 0. The molecule has 0 saturated heterocycles. The second-order valence-electron chi connectivity index (χ2n) is 3.75. The average Bonchev–Trinajstić information content (AvgIpc) is 2.34. The second-order valence-corrected chi connectivity index (χ2v) is 5.01. The van der Waals surface area contributed by atoms with Gasteiger partial charge < -0.3 is 5.11 Å². The molecule has 0 aliphatic heterocycles. The number of halogens is 4. The van der Waals surface area contributed by atoms with Gasteiger partial charge in [-0.25, -0.2) is 13.6 Å². The lowest BCUT2D eigenvalue weighted by Crippen LogP contribution is -1.98. The summed E-state index contributed by atoms with van der Waals surface area (Å²) in [6, 6.07) is 6.21. The van der Waals surface area contributed by atoms with Crippen LogP contribution >= 0.6 is 27.5 Å². The Morgan fingerprint density at radius 3 is 2.42 bits per heavy atom. The van der Waals surface area contributed by atoms with E-state index in [1.165, 1.54) is 12.1 Å². The van der Waals surface area contributed by atoms with Crippen LogP contribution in [0, 0.1) is 11.6 Å². The average molecular weight is 348 g/mol. The Morgan fingerprint density at radius 2 is 1.79 bits per heavy atom. The number of aromatic carboxylic acids is 1. The lowest BCUT2D eigenvalue weighted by molar-refractivity contribution is 0.0696. The van der Waals surface area contributed by atoms with Crippen molar-refractivity contribution in [1.82, 2.24) is 0 Å². The Kier molecular flexibility index (Phi) is 3.87. The number of hydrogen-bond acceptors (Lipinski definition) is 1. The summed E-state index contributed by atoms with van der Waals surface area (Å²) in [5.74, 6) is -3.23. The lowest BCUT2D eigenvalue weighted by atomic mass is 10.0. The van der Waals surface area contributed by atoms with Crippen LogP contribution in [0.3, 0.4) is 0 Å². The fourth-order valence-electron chi connectivity index (χ4n) is 1.60. The van der Waals surface area contributed by atoms with Gasteiger partial charge in [0.05, 0.1) is 10.6 Å². The van der Waals surface area contributed by atoms with Crippen molar-refractivity contribution in [3.8, 4) is 11.1 Å². The molecule has 1 N–H and O–H groups in total. The van der Waals surface area contributed by atoms with Crippen molar-refractivity contribution in [2.75, 3.05) is 0 Å². The van der Waals surface area contributed by atoms with Crippen molar-refractivity contribution in [2.45, 2.75) is 0 Å². The summed E-state index contributed by atoms with van der Waals surface area (Å²) >= 11 is 8.94. The fourth-order valence-corrected chi connectivity index (χ4v) is 2.28. The van der Waals surface area contributed by atoms with Crippen LogP contribution in [0.25, 0.3) is 11.1 Å². The molecular weight excluding hydrogens is 341 g/mol. The Labute approximate surface area is 120 Å². The van der Waals surface area contributed by atoms with Crippen molar-refractivity contribution >= 4 is 33.5 Å². The molecule has 0 spiro atoms. The van der Waals surface area contributed by atoms with E-state index in [4.69, 9.17) is 16.7 Å². The van der Waals surface area contributed by atoms with E-state index in [9.17, 15) is 13.6 Å². The summed E-state index contributed by atoms with van der Waals surface area (Å²) < 4.78 is 26.6. The van der Waals surface area contributed by atoms with Gasteiger partial charge in [0.25, 0.3) is 0 Å². The monoisotopic (exact) mass is 346 g/mol. The van der Waals surface area contributed by atoms with E-state index >= 15 is 0 Å². The van der Waals surface area contributed by atoms with Crippen molar-refractivity contribution in [1.29, 1.82) is 0 Å². The third-order valence-electron chi connectivity index (χ3n) is 2.52. The molecule has 19 heavy (non-hydrogen) atoms. The van der Waals surface area contributed by atoms with Crippen LogP contribution in [0.2, 0.25) is 5.02 Å². The quantitative estimate of drug-likeness (QED) is 0.796. The van der Waals surface area contributed by atoms with Gasteiger partial charge >= 0.3 is 5.97 Å². The molecule has 0 amide bonds. The van der Waals surface area contributed by atoms with Gasteiger partial charge in [-0.15, -0.1) is 0 Å². The Morgan fingerprint density at radius 1 is 1.16 bits per heavy atom. The van der Waals surface area contributed by atoms with E-state index in [-0.39, 0.29) is 16.1 Å². The first kappa shape index (κ1) is 14.0. The van der Waals surface area contributed by atoms with Gasteiger partial charge in [-0.2, -0.15) is 0 Å². The van der Waals surface area contributed by atoms with Gasteiger partial charge in [-0.1, -0.05) is 17.7 Å². The summed E-state index contributed by atoms with van der Waals surface area (Å²) in [5, 5.41) is 9.02. The molecule has 0 bridgehead atoms. The SMILES string of the molecule is O=C(O)c1cc(-c2cc(F)c(F)cc2Cl)ccc1Br. The van der Waals surface area contributed by atoms with Crippen LogP contribution in [0.5, 0.6) is 0 Å². The molecule has 6 heteroatoms. The third-order valence-corrected chi connectivity index (χ3v) is 3.52. The third kappa shape index (κ3) is 2.77.